The van der Waals surface area contributed by atoms with E-state index in [9.17, 15) is 23.1 Å². The van der Waals surface area contributed by atoms with Gasteiger partial charge in [-0.1, -0.05) is 87.5 Å². The van der Waals surface area contributed by atoms with Gasteiger partial charge in [0.15, 0.2) is 0 Å². The van der Waals surface area contributed by atoms with Crippen LogP contribution in [-0.4, -0.2) is 95.4 Å². The molecule has 14 heteroatoms. The van der Waals surface area contributed by atoms with Gasteiger partial charge in [-0.05, 0) is 48.8 Å². The van der Waals surface area contributed by atoms with Crippen LogP contribution < -0.4 is 14.8 Å². The number of methoxy groups -OCH3 is 1. The van der Waals surface area contributed by atoms with E-state index in [0.717, 1.165) is 21.9 Å². The maximum Gasteiger partial charge on any atom is 0.260 e. The first-order valence-electron chi connectivity index (χ1n) is 21.0. The van der Waals surface area contributed by atoms with Gasteiger partial charge in [0.25, 0.3) is 5.91 Å². The molecule has 3 unspecified atom stereocenters. The Bertz CT molecular complexity index is 2370. The molecule has 8 rings (SSSR count). The number of carbonyl (C=O) groups excluding carboxylic acids is 4. The molecule has 1 aromatic heterocycles. The van der Waals surface area contributed by atoms with Crippen LogP contribution in [0.25, 0.3) is 22.2 Å². The lowest BCUT2D eigenvalue weighted by Gasteiger charge is -2.43. The molecule has 2 saturated carbocycles. The summed E-state index contributed by atoms with van der Waals surface area (Å²) in [6, 6.07) is 25.2. The van der Waals surface area contributed by atoms with Gasteiger partial charge in [0.1, 0.15) is 29.2 Å². The van der Waals surface area contributed by atoms with Crippen molar-refractivity contribution in [1.82, 2.24) is 24.4 Å². The minimum Gasteiger partial charge on any atom is -0.755 e. The number of aromatic nitrogens is 1. The molecule has 4 aromatic rings. The Morgan fingerprint density at radius 1 is 1.02 bits per heavy atom. The van der Waals surface area contributed by atoms with Gasteiger partial charge >= 0.3 is 0 Å². The number of nitrogens with zero attached hydrogens (tertiary/aromatic N) is 4. The minimum absolute atomic E-state index is 0.0132. The molecule has 4 amide bonds. The number of hydrogen-bond donors (Lipinski definition) is 1. The Morgan fingerprint density at radius 2 is 1.72 bits per heavy atom. The summed E-state index contributed by atoms with van der Waals surface area (Å²) in [7, 11) is 1.58. The molecule has 2 aliphatic heterocycles. The number of ether oxygens (including phenoxy) is 2. The molecular weight excluding hydrogens is 795 g/mol. The maximum absolute atomic E-state index is 15.1. The lowest BCUT2D eigenvalue weighted by atomic mass is 9.77. The standard InChI is InChI=1S/C47H53N5O8S/c1-6-31-27-47(31,45(56)52(61(57)58)32-17-18-32)49-43(54)40-24-34(60-41-26-37(29-13-9-7-10-14-29)48-38-23-33(59-5)19-20-35(38)41)28-51(40)44(55)36(46(2,3)4)25-42(53)50-22-21-39(50)30-15-11-8-12-16-30/h6-16,19-20,23,26,31-32,34,36,39-40H,1,17-18,21-22,24-25,27-28H2,2-5H3,(H,49,54)(H,57,58)/p-1/t31?,34-,36-,39?,40+,47-/m1/s1. The van der Waals surface area contributed by atoms with Crippen molar-refractivity contribution in [3.8, 4) is 22.8 Å². The molecule has 0 bridgehead atoms. The number of fused-ring (bicyclic) bond motifs is 1. The number of likely N-dealkylation sites (tertiary alicyclic amines) is 2. The van der Waals surface area contributed by atoms with Crippen LogP contribution >= 0.6 is 0 Å². The quantitative estimate of drug-likeness (QED) is 0.116. The number of nitrogens with one attached hydrogen (secondary N) is 1. The van der Waals surface area contributed by atoms with Crippen LogP contribution in [0.5, 0.6) is 11.5 Å². The predicted octanol–water partition coefficient (Wildman–Crippen LogP) is 6.13. The topological polar surface area (TPSA) is 162 Å². The minimum atomic E-state index is -2.84. The number of benzene rings is 3. The van der Waals surface area contributed by atoms with Crippen LogP contribution in [0.4, 0.5) is 0 Å². The molecule has 61 heavy (non-hydrogen) atoms. The Hall–Kier alpha value is -5.60. The molecular formula is C47H52N5O8S-. The monoisotopic (exact) mass is 846 g/mol. The zero-order valence-corrected chi connectivity index (χ0v) is 35.8. The summed E-state index contributed by atoms with van der Waals surface area (Å²) >= 11 is -2.84. The summed E-state index contributed by atoms with van der Waals surface area (Å²) in [5, 5.41) is 3.63. The molecule has 3 aromatic carbocycles. The summed E-state index contributed by atoms with van der Waals surface area (Å²) in [5.74, 6) is -2.04. The van der Waals surface area contributed by atoms with Crippen LogP contribution in [0, 0.1) is 17.3 Å². The molecule has 2 saturated heterocycles. The fourth-order valence-corrected chi connectivity index (χ4v) is 9.61. The van der Waals surface area contributed by atoms with Crippen molar-refractivity contribution in [3.63, 3.8) is 0 Å². The van der Waals surface area contributed by atoms with Gasteiger partial charge in [-0.15, -0.1) is 6.58 Å². The third kappa shape index (κ3) is 8.39. The Balaban J connectivity index is 1.12. The summed E-state index contributed by atoms with van der Waals surface area (Å²) in [6.45, 7) is 10.2. The molecule has 320 valence electrons. The molecule has 3 heterocycles. The fourth-order valence-electron chi connectivity index (χ4n) is 8.86. The number of carbonyl (C=O) groups is 4. The van der Waals surface area contributed by atoms with Crippen LogP contribution in [0.2, 0.25) is 0 Å². The largest absolute Gasteiger partial charge is 0.755 e. The third-order valence-corrected chi connectivity index (χ3v) is 13.5. The lowest BCUT2D eigenvalue weighted by Crippen LogP contribution is -2.58. The van der Waals surface area contributed by atoms with Crippen LogP contribution in [0.1, 0.15) is 70.9 Å². The van der Waals surface area contributed by atoms with Gasteiger partial charge in [-0.3, -0.25) is 27.7 Å². The molecule has 2 aliphatic carbocycles. The van der Waals surface area contributed by atoms with Gasteiger partial charge in [0.05, 0.1) is 48.1 Å². The number of pyridine rings is 1. The van der Waals surface area contributed by atoms with Crippen LogP contribution in [0.15, 0.2) is 97.6 Å². The Kier molecular flexibility index (Phi) is 11.5. The van der Waals surface area contributed by atoms with Crippen molar-refractivity contribution >= 4 is 45.8 Å². The van der Waals surface area contributed by atoms with Gasteiger partial charge in [-0.2, -0.15) is 0 Å². The van der Waals surface area contributed by atoms with E-state index in [-0.39, 0.29) is 43.7 Å². The average Bonchev–Trinajstić information content (AvgIpc) is 4.15. The van der Waals surface area contributed by atoms with Crippen molar-refractivity contribution < 1.29 is 37.4 Å². The Labute approximate surface area is 358 Å². The zero-order valence-electron chi connectivity index (χ0n) is 35.0. The molecule has 4 aliphatic rings. The Morgan fingerprint density at radius 3 is 2.31 bits per heavy atom. The van der Waals surface area contributed by atoms with Crippen molar-refractivity contribution in [2.24, 2.45) is 17.3 Å². The smallest absolute Gasteiger partial charge is 0.260 e. The predicted molar refractivity (Wildman–Crippen MR) is 229 cm³/mol. The number of rotatable bonds is 14. The summed E-state index contributed by atoms with van der Waals surface area (Å²) < 4.78 is 37.8. The third-order valence-electron chi connectivity index (χ3n) is 12.7. The first kappa shape index (κ1) is 42.1. The van der Waals surface area contributed by atoms with Crippen molar-refractivity contribution in [1.29, 1.82) is 0 Å². The SMILES string of the molecule is C=CC1C[C@]1(NC(=O)[C@@H]1C[C@@H](Oc2cc(-c3ccccc3)nc3cc(OC)ccc23)CN1C(=O)[C@@H](CC(=O)N1CCC1c1ccccc1)C(C)(C)C)C(=O)N(C1CC1)S(=O)[O-]. The van der Waals surface area contributed by atoms with Crippen molar-refractivity contribution in [2.75, 3.05) is 20.2 Å². The molecule has 0 radical (unpaired) electrons. The first-order valence-corrected chi connectivity index (χ1v) is 22.0. The highest BCUT2D eigenvalue weighted by Crippen LogP contribution is 2.48. The van der Waals surface area contributed by atoms with Gasteiger partial charge in [0.2, 0.25) is 17.7 Å². The fraction of sp³-hybridized carbons (Fsp3) is 0.426. The van der Waals surface area contributed by atoms with E-state index in [2.05, 4.69) is 11.9 Å². The highest BCUT2D eigenvalue weighted by molar-refractivity contribution is 7.77. The van der Waals surface area contributed by atoms with Crippen LogP contribution in [0.3, 0.4) is 0 Å². The first-order chi connectivity index (χ1) is 29.2. The van der Waals surface area contributed by atoms with E-state index >= 15 is 4.79 Å². The van der Waals surface area contributed by atoms with E-state index < -0.39 is 64.1 Å². The number of amides is 4. The molecule has 13 nitrogen and oxygen atoms in total. The molecule has 7 atom stereocenters. The average molecular weight is 847 g/mol. The van der Waals surface area contributed by atoms with E-state index in [1.807, 2.05) is 111 Å². The molecule has 1 N–H and O–H groups in total. The van der Waals surface area contributed by atoms with E-state index in [0.29, 0.717) is 47.5 Å². The van der Waals surface area contributed by atoms with Crippen LogP contribution in [-0.2, 0) is 30.4 Å². The normalized spacial score (nSPS) is 24.3. The lowest BCUT2D eigenvalue weighted by molar-refractivity contribution is -0.151. The number of hydrogen-bond acceptors (Lipinski definition) is 9. The highest BCUT2D eigenvalue weighted by Gasteiger charge is 2.63. The summed E-state index contributed by atoms with van der Waals surface area (Å²) in [4.78, 5) is 66.1. The summed E-state index contributed by atoms with van der Waals surface area (Å²) in [5.41, 5.74) is 0.976. The molecule has 4 fully saturated rings. The highest BCUT2D eigenvalue weighted by atomic mass is 32.2. The van der Waals surface area contributed by atoms with E-state index in [1.54, 1.807) is 13.2 Å². The van der Waals surface area contributed by atoms with E-state index in [1.165, 1.54) is 4.90 Å². The zero-order chi connectivity index (χ0) is 43.2. The summed E-state index contributed by atoms with van der Waals surface area (Å²) in [6.07, 6.45) is 2.95. The van der Waals surface area contributed by atoms with Crippen molar-refractivity contribution in [3.05, 3.63) is 103 Å². The molecule has 0 spiro atoms. The van der Waals surface area contributed by atoms with Crippen molar-refractivity contribution in [2.45, 2.75) is 89.1 Å². The second-order valence-corrected chi connectivity index (χ2v) is 18.6. The second kappa shape index (κ2) is 16.7. The van der Waals surface area contributed by atoms with Gasteiger partial charge in [-0.25, -0.2) is 4.98 Å². The van der Waals surface area contributed by atoms with Gasteiger partial charge in [0, 0.05) is 54.4 Å². The van der Waals surface area contributed by atoms with Gasteiger partial charge < -0.3 is 29.1 Å². The van der Waals surface area contributed by atoms with E-state index in [4.69, 9.17) is 14.5 Å². The second-order valence-electron chi connectivity index (χ2n) is 17.7. The maximum atomic E-state index is 15.1.